The second-order valence-corrected chi connectivity index (χ2v) is 3.71. The molecule has 1 aromatic carbocycles. The van der Waals surface area contributed by atoms with E-state index in [-0.39, 0.29) is 6.54 Å². The summed E-state index contributed by atoms with van der Waals surface area (Å²) in [6.45, 7) is 1.12. The van der Waals surface area contributed by atoms with Crippen LogP contribution in [0, 0.1) is 10.1 Å². The normalized spacial score (nSPS) is 14.3. The third kappa shape index (κ3) is 4.42. The second kappa shape index (κ2) is 4.75. The summed E-state index contributed by atoms with van der Waals surface area (Å²) in [7, 11) is 0. The van der Waals surface area contributed by atoms with Gasteiger partial charge in [0.1, 0.15) is 5.60 Å². The molecule has 5 heteroatoms. The predicted octanol–water partition coefficient (Wildman–Crippen LogP) is 1.13. The van der Waals surface area contributed by atoms with Gasteiger partial charge in [-0.15, -0.1) is 0 Å². The zero-order valence-corrected chi connectivity index (χ0v) is 8.51. The molecule has 0 fully saturated rings. The Bertz CT molecular complexity index is 325. The van der Waals surface area contributed by atoms with Crippen molar-refractivity contribution < 1.29 is 10.0 Å². The van der Waals surface area contributed by atoms with E-state index in [9.17, 15) is 15.2 Å². The number of para-hydroxylation sites is 1. The summed E-state index contributed by atoms with van der Waals surface area (Å²) in [5.74, 6) is 0. The van der Waals surface area contributed by atoms with Crippen LogP contribution >= 0.6 is 0 Å². The minimum absolute atomic E-state index is 0.151. The molecule has 5 nitrogen and oxygen atoms in total. The zero-order valence-electron chi connectivity index (χ0n) is 8.51. The lowest BCUT2D eigenvalue weighted by atomic mass is 10.1. The van der Waals surface area contributed by atoms with E-state index in [2.05, 4.69) is 5.32 Å². The fraction of sp³-hybridized carbons (Fsp3) is 0.400. The van der Waals surface area contributed by atoms with E-state index in [4.69, 9.17) is 0 Å². The third-order valence-electron chi connectivity index (χ3n) is 1.92. The third-order valence-corrected chi connectivity index (χ3v) is 1.92. The van der Waals surface area contributed by atoms with Crippen LogP contribution in [0.3, 0.4) is 0 Å². The van der Waals surface area contributed by atoms with Gasteiger partial charge in [0.2, 0.25) is 6.54 Å². The van der Waals surface area contributed by atoms with E-state index in [1.807, 2.05) is 30.3 Å². The van der Waals surface area contributed by atoms with Crippen molar-refractivity contribution in [3.8, 4) is 0 Å². The van der Waals surface area contributed by atoms with Crippen LogP contribution in [0.1, 0.15) is 6.92 Å². The maximum absolute atomic E-state index is 10.2. The SMILES string of the molecule is C[C@@](O)(CNc1ccccc1)C[N+](=O)[O-]. The molecule has 0 aliphatic heterocycles. The quantitative estimate of drug-likeness (QED) is 0.564. The number of aliphatic hydroxyl groups is 1. The summed E-state index contributed by atoms with van der Waals surface area (Å²) >= 11 is 0. The smallest absolute Gasteiger partial charge is 0.233 e. The Morgan fingerprint density at radius 1 is 1.47 bits per heavy atom. The number of anilines is 1. The Kier molecular flexibility index (Phi) is 3.62. The molecule has 1 rings (SSSR count). The van der Waals surface area contributed by atoms with Gasteiger partial charge in [0.15, 0.2) is 0 Å². The van der Waals surface area contributed by atoms with Crippen molar-refractivity contribution in [1.29, 1.82) is 0 Å². The number of rotatable bonds is 5. The summed E-state index contributed by atoms with van der Waals surface area (Å²) in [6.07, 6.45) is 0. The first-order chi connectivity index (χ1) is 6.99. The molecule has 0 aliphatic carbocycles. The van der Waals surface area contributed by atoms with Gasteiger partial charge in [0, 0.05) is 17.2 Å². The van der Waals surface area contributed by atoms with E-state index in [1.165, 1.54) is 6.92 Å². The van der Waals surface area contributed by atoms with Crippen molar-refractivity contribution in [2.75, 3.05) is 18.4 Å². The van der Waals surface area contributed by atoms with Crippen molar-refractivity contribution in [2.24, 2.45) is 0 Å². The molecule has 0 heterocycles. The Hall–Kier alpha value is -1.62. The second-order valence-electron chi connectivity index (χ2n) is 3.71. The van der Waals surface area contributed by atoms with Crippen LogP contribution in [0.5, 0.6) is 0 Å². The Morgan fingerprint density at radius 2 is 2.07 bits per heavy atom. The molecule has 0 radical (unpaired) electrons. The lowest BCUT2D eigenvalue weighted by Crippen LogP contribution is -2.40. The van der Waals surface area contributed by atoms with E-state index in [1.54, 1.807) is 0 Å². The molecule has 0 unspecified atom stereocenters. The first kappa shape index (κ1) is 11.5. The van der Waals surface area contributed by atoms with E-state index in [0.717, 1.165) is 5.69 Å². The molecule has 1 atom stereocenters. The van der Waals surface area contributed by atoms with Crippen LogP contribution in [0.25, 0.3) is 0 Å². The average Bonchev–Trinajstić information content (AvgIpc) is 2.15. The predicted molar refractivity (Wildman–Crippen MR) is 57.4 cm³/mol. The van der Waals surface area contributed by atoms with Crippen molar-refractivity contribution in [3.63, 3.8) is 0 Å². The van der Waals surface area contributed by atoms with E-state index >= 15 is 0 Å². The van der Waals surface area contributed by atoms with Gasteiger partial charge in [-0.25, -0.2) is 0 Å². The van der Waals surface area contributed by atoms with Crippen LogP contribution in [0.2, 0.25) is 0 Å². The van der Waals surface area contributed by atoms with Gasteiger partial charge in [-0.1, -0.05) is 18.2 Å². The molecule has 0 bridgehead atoms. The topological polar surface area (TPSA) is 75.4 Å². The van der Waals surface area contributed by atoms with Crippen LogP contribution in [0.4, 0.5) is 5.69 Å². The first-order valence-corrected chi connectivity index (χ1v) is 4.63. The monoisotopic (exact) mass is 210 g/mol. The number of nitrogens with one attached hydrogen (secondary N) is 1. The van der Waals surface area contributed by atoms with Crippen molar-refractivity contribution in [3.05, 3.63) is 40.4 Å². The summed E-state index contributed by atoms with van der Waals surface area (Å²) in [6, 6.07) is 9.25. The Morgan fingerprint density at radius 3 is 2.60 bits per heavy atom. The molecule has 0 spiro atoms. The average molecular weight is 210 g/mol. The summed E-state index contributed by atoms with van der Waals surface area (Å²) in [5.41, 5.74) is -0.500. The highest BCUT2D eigenvalue weighted by Gasteiger charge is 2.26. The molecule has 15 heavy (non-hydrogen) atoms. The van der Waals surface area contributed by atoms with Gasteiger partial charge in [0.25, 0.3) is 0 Å². The zero-order chi connectivity index (χ0) is 11.3. The Balaban J connectivity index is 2.46. The minimum Gasteiger partial charge on any atom is -0.382 e. The van der Waals surface area contributed by atoms with Crippen LogP contribution in [0.15, 0.2) is 30.3 Å². The van der Waals surface area contributed by atoms with Crippen molar-refractivity contribution in [1.82, 2.24) is 0 Å². The highest BCUT2D eigenvalue weighted by Crippen LogP contribution is 2.09. The maximum atomic E-state index is 10.2. The van der Waals surface area contributed by atoms with Gasteiger partial charge < -0.3 is 10.4 Å². The molecule has 0 amide bonds. The molecule has 2 N–H and O–H groups in total. The molecule has 82 valence electrons. The fourth-order valence-corrected chi connectivity index (χ4v) is 1.18. The summed E-state index contributed by atoms with van der Waals surface area (Å²) in [4.78, 5) is 9.72. The van der Waals surface area contributed by atoms with Gasteiger partial charge in [0.05, 0.1) is 0 Å². The first-order valence-electron chi connectivity index (χ1n) is 4.63. The lowest BCUT2D eigenvalue weighted by molar-refractivity contribution is -0.498. The van der Waals surface area contributed by atoms with Crippen molar-refractivity contribution >= 4 is 5.69 Å². The summed E-state index contributed by atoms with van der Waals surface area (Å²) in [5, 5.41) is 22.8. The highest BCUT2D eigenvalue weighted by molar-refractivity contribution is 5.42. The number of nitro groups is 1. The molecule has 0 aliphatic rings. The van der Waals surface area contributed by atoms with Gasteiger partial charge in [-0.05, 0) is 19.1 Å². The number of hydrogen-bond acceptors (Lipinski definition) is 4. The van der Waals surface area contributed by atoms with Gasteiger partial charge >= 0.3 is 0 Å². The van der Waals surface area contributed by atoms with Crippen LogP contribution < -0.4 is 5.32 Å². The van der Waals surface area contributed by atoms with Crippen molar-refractivity contribution in [2.45, 2.75) is 12.5 Å². The van der Waals surface area contributed by atoms with Gasteiger partial charge in [-0.2, -0.15) is 0 Å². The molecular formula is C10H14N2O3. The number of benzene rings is 1. The molecule has 0 saturated heterocycles. The van der Waals surface area contributed by atoms with Gasteiger partial charge in [-0.3, -0.25) is 10.1 Å². The molecule has 1 aromatic rings. The highest BCUT2D eigenvalue weighted by atomic mass is 16.6. The Labute approximate surface area is 87.9 Å². The number of hydrogen-bond donors (Lipinski definition) is 2. The minimum atomic E-state index is -1.33. The standard InChI is InChI=1S/C10H14N2O3/c1-10(13,8-12(14)15)7-11-9-5-3-2-4-6-9/h2-6,11,13H,7-8H2,1H3/t10-/m1/s1. The van der Waals surface area contributed by atoms with E-state index < -0.39 is 17.1 Å². The van der Waals surface area contributed by atoms with E-state index in [0.29, 0.717) is 0 Å². The fourth-order valence-electron chi connectivity index (χ4n) is 1.18. The summed E-state index contributed by atoms with van der Waals surface area (Å²) < 4.78 is 0. The maximum Gasteiger partial charge on any atom is 0.233 e. The molecule has 0 saturated carbocycles. The van der Waals surface area contributed by atoms with Crippen LogP contribution in [-0.4, -0.2) is 28.7 Å². The lowest BCUT2D eigenvalue weighted by Gasteiger charge is -2.19. The largest absolute Gasteiger partial charge is 0.382 e. The molecule has 0 aromatic heterocycles. The molecular weight excluding hydrogens is 196 g/mol. The number of nitrogens with zero attached hydrogens (tertiary/aromatic N) is 1. The van der Waals surface area contributed by atoms with Crippen LogP contribution in [-0.2, 0) is 0 Å².